The maximum absolute atomic E-state index is 12.8. The zero-order valence-corrected chi connectivity index (χ0v) is 25.0. The fourth-order valence-corrected chi connectivity index (χ4v) is 5.81. The summed E-state index contributed by atoms with van der Waals surface area (Å²) in [5, 5.41) is 21.2. The van der Waals surface area contributed by atoms with E-state index in [-0.39, 0.29) is 54.1 Å². The van der Waals surface area contributed by atoms with Crippen LogP contribution in [0.2, 0.25) is 0 Å². The minimum Gasteiger partial charge on any atom is -0.461 e. The number of ether oxygens (including phenoxy) is 3. The quantitative estimate of drug-likeness (QED) is 0.200. The first-order valence-electron chi connectivity index (χ1n) is 14.9. The normalized spacial score (nSPS) is 36.5. The number of aliphatic hydroxyl groups is 2. The summed E-state index contributed by atoms with van der Waals surface area (Å²) >= 11 is 0. The summed E-state index contributed by atoms with van der Waals surface area (Å²) in [6.45, 7) is 15.5. The van der Waals surface area contributed by atoms with Crippen LogP contribution in [0.15, 0.2) is 12.2 Å². The summed E-state index contributed by atoms with van der Waals surface area (Å²) in [5.74, 6) is 0.180. The highest BCUT2D eigenvalue weighted by Gasteiger charge is 2.45. The SMILES string of the molecule is CCC(O)C(C)C1OC1CC(C)CCCC(C)C1OC(=O)CC(C)CCC(C)(O)C(OC(C)=O)/C=C\C1C. The summed E-state index contributed by atoms with van der Waals surface area (Å²) in [6.07, 6.45) is 8.89. The van der Waals surface area contributed by atoms with E-state index in [2.05, 4.69) is 20.8 Å². The smallest absolute Gasteiger partial charge is 0.306 e. The van der Waals surface area contributed by atoms with Gasteiger partial charge in [0.15, 0.2) is 0 Å². The van der Waals surface area contributed by atoms with Crippen molar-refractivity contribution in [1.82, 2.24) is 0 Å². The van der Waals surface area contributed by atoms with E-state index < -0.39 is 17.7 Å². The Balaban J connectivity index is 1.98. The van der Waals surface area contributed by atoms with Gasteiger partial charge in [-0.3, -0.25) is 9.59 Å². The number of hydrogen-bond acceptors (Lipinski definition) is 7. The molecule has 38 heavy (non-hydrogen) atoms. The molecule has 0 spiro atoms. The minimum absolute atomic E-state index is 0.0529. The lowest BCUT2D eigenvalue weighted by Gasteiger charge is -2.33. The van der Waals surface area contributed by atoms with E-state index in [1.807, 2.05) is 26.8 Å². The van der Waals surface area contributed by atoms with Crippen LogP contribution in [0, 0.1) is 29.6 Å². The molecule has 0 saturated carbocycles. The van der Waals surface area contributed by atoms with E-state index in [4.69, 9.17) is 14.2 Å². The van der Waals surface area contributed by atoms with Gasteiger partial charge in [-0.15, -0.1) is 0 Å². The zero-order valence-electron chi connectivity index (χ0n) is 25.0. The van der Waals surface area contributed by atoms with Crippen molar-refractivity contribution in [1.29, 1.82) is 0 Å². The van der Waals surface area contributed by atoms with Crippen LogP contribution in [0.25, 0.3) is 0 Å². The van der Waals surface area contributed by atoms with Gasteiger partial charge in [0, 0.05) is 25.2 Å². The Morgan fingerprint density at radius 1 is 1.18 bits per heavy atom. The molecule has 0 bridgehead atoms. The largest absolute Gasteiger partial charge is 0.461 e. The fraction of sp³-hybridized carbons (Fsp3) is 0.871. The highest BCUT2D eigenvalue weighted by Crippen LogP contribution is 2.37. The van der Waals surface area contributed by atoms with Gasteiger partial charge in [0.25, 0.3) is 0 Å². The van der Waals surface area contributed by atoms with Crippen LogP contribution >= 0.6 is 0 Å². The molecule has 7 heteroatoms. The molecule has 2 rings (SSSR count). The summed E-state index contributed by atoms with van der Waals surface area (Å²) < 4.78 is 17.4. The van der Waals surface area contributed by atoms with Crippen molar-refractivity contribution in [3.63, 3.8) is 0 Å². The van der Waals surface area contributed by atoms with Gasteiger partial charge in [-0.05, 0) is 62.9 Å². The number of carbonyl (C=O) groups excluding carboxylic acids is 2. The fourth-order valence-electron chi connectivity index (χ4n) is 5.81. The molecule has 1 fully saturated rings. The molecular weight excluding hydrogens is 484 g/mol. The Morgan fingerprint density at radius 3 is 2.50 bits per heavy atom. The van der Waals surface area contributed by atoms with E-state index in [1.54, 1.807) is 13.0 Å². The van der Waals surface area contributed by atoms with Crippen LogP contribution < -0.4 is 0 Å². The van der Waals surface area contributed by atoms with Crippen LogP contribution in [0.3, 0.4) is 0 Å². The molecule has 11 unspecified atom stereocenters. The molecule has 0 aromatic carbocycles. The van der Waals surface area contributed by atoms with Gasteiger partial charge in [-0.25, -0.2) is 0 Å². The second kappa shape index (κ2) is 14.8. The molecule has 0 aromatic heterocycles. The predicted octanol–water partition coefficient (Wildman–Crippen LogP) is 5.60. The van der Waals surface area contributed by atoms with Crippen LogP contribution in [0.4, 0.5) is 0 Å². The van der Waals surface area contributed by atoms with E-state index in [0.29, 0.717) is 25.2 Å². The van der Waals surface area contributed by atoms with E-state index in [1.165, 1.54) is 6.92 Å². The number of esters is 2. The molecule has 0 aliphatic carbocycles. The predicted molar refractivity (Wildman–Crippen MR) is 148 cm³/mol. The Morgan fingerprint density at radius 2 is 1.87 bits per heavy atom. The van der Waals surface area contributed by atoms with Crippen molar-refractivity contribution in [2.24, 2.45) is 29.6 Å². The van der Waals surface area contributed by atoms with Crippen molar-refractivity contribution in [3.8, 4) is 0 Å². The lowest BCUT2D eigenvalue weighted by Crippen LogP contribution is -2.42. The molecule has 11 atom stereocenters. The lowest BCUT2D eigenvalue weighted by atomic mass is 9.84. The van der Waals surface area contributed by atoms with Gasteiger partial charge in [-0.2, -0.15) is 0 Å². The molecule has 1 saturated heterocycles. The average Bonchev–Trinajstić information content (AvgIpc) is 3.60. The van der Waals surface area contributed by atoms with Crippen LogP contribution in [-0.2, 0) is 23.8 Å². The molecule has 2 N–H and O–H groups in total. The molecule has 2 heterocycles. The van der Waals surface area contributed by atoms with Gasteiger partial charge in [0.2, 0.25) is 0 Å². The van der Waals surface area contributed by atoms with Crippen molar-refractivity contribution < 1.29 is 34.0 Å². The molecular formula is C31H54O7. The Hall–Kier alpha value is -1.44. The maximum Gasteiger partial charge on any atom is 0.306 e. The number of rotatable bonds is 11. The first-order valence-corrected chi connectivity index (χ1v) is 14.9. The summed E-state index contributed by atoms with van der Waals surface area (Å²) in [7, 11) is 0. The molecule has 0 radical (unpaired) electrons. The van der Waals surface area contributed by atoms with Crippen LogP contribution in [-0.4, -0.2) is 58.3 Å². The molecule has 7 nitrogen and oxygen atoms in total. The highest BCUT2D eigenvalue weighted by atomic mass is 16.6. The highest BCUT2D eigenvalue weighted by molar-refractivity contribution is 5.70. The van der Waals surface area contributed by atoms with E-state index >= 15 is 0 Å². The van der Waals surface area contributed by atoms with Crippen LogP contribution in [0.1, 0.15) is 107 Å². The Labute approximate surface area is 230 Å². The summed E-state index contributed by atoms with van der Waals surface area (Å²) in [4.78, 5) is 24.5. The summed E-state index contributed by atoms with van der Waals surface area (Å²) in [5.41, 5.74) is -1.22. The summed E-state index contributed by atoms with van der Waals surface area (Å²) in [6, 6.07) is 0. The standard InChI is InChI=1S/C31H54O7/c1-9-25(33)23(6)30-26(37-30)17-19(2)11-10-12-21(4)29-22(5)13-14-27(36-24(7)32)31(8,35)16-15-20(3)18-28(34)38-29/h13-14,19-23,25-27,29-30,33,35H,9-12,15-18H2,1-8H3/b14-13-. The number of cyclic esters (lactones) is 1. The van der Waals surface area contributed by atoms with E-state index in [9.17, 15) is 19.8 Å². The van der Waals surface area contributed by atoms with Gasteiger partial charge in [0.05, 0.1) is 18.3 Å². The van der Waals surface area contributed by atoms with Gasteiger partial charge < -0.3 is 24.4 Å². The number of epoxide rings is 1. The third-order valence-corrected chi connectivity index (χ3v) is 8.66. The Kier molecular flexibility index (Phi) is 12.8. The monoisotopic (exact) mass is 538 g/mol. The van der Waals surface area contributed by atoms with Crippen LogP contribution in [0.5, 0.6) is 0 Å². The number of hydrogen-bond donors (Lipinski definition) is 2. The second-order valence-corrected chi connectivity index (χ2v) is 12.7. The topological polar surface area (TPSA) is 106 Å². The molecule has 2 aliphatic rings. The third kappa shape index (κ3) is 10.3. The third-order valence-electron chi connectivity index (χ3n) is 8.66. The minimum atomic E-state index is -1.22. The number of aliphatic hydroxyl groups excluding tert-OH is 1. The van der Waals surface area contributed by atoms with Gasteiger partial charge in [0.1, 0.15) is 17.8 Å². The van der Waals surface area contributed by atoms with Gasteiger partial charge >= 0.3 is 11.9 Å². The maximum atomic E-state index is 12.8. The first-order chi connectivity index (χ1) is 17.7. The van der Waals surface area contributed by atoms with Crippen molar-refractivity contribution in [2.45, 2.75) is 143 Å². The van der Waals surface area contributed by atoms with Gasteiger partial charge in [-0.1, -0.05) is 60.5 Å². The zero-order chi connectivity index (χ0) is 28.6. The average molecular weight is 539 g/mol. The molecule has 220 valence electrons. The first kappa shape index (κ1) is 32.8. The lowest BCUT2D eigenvalue weighted by molar-refractivity contribution is -0.157. The van der Waals surface area contributed by atoms with E-state index in [0.717, 1.165) is 32.1 Å². The number of carbonyl (C=O) groups is 2. The molecule has 0 amide bonds. The molecule has 0 aromatic rings. The van der Waals surface area contributed by atoms with Crippen molar-refractivity contribution >= 4 is 11.9 Å². The molecule has 2 aliphatic heterocycles. The second-order valence-electron chi connectivity index (χ2n) is 12.7. The van der Waals surface area contributed by atoms with Crippen molar-refractivity contribution in [3.05, 3.63) is 12.2 Å². The van der Waals surface area contributed by atoms with Crippen molar-refractivity contribution in [2.75, 3.05) is 0 Å². The Bertz CT molecular complexity index is 778.